The zero-order valence-corrected chi connectivity index (χ0v) is 11.4. The number of hydrogen-bond acceptors (Lipinski definition) is 1. The number of rotatable bonds is 3. The Labute approximate surface area is 114 Å². The number of benzene rings is 1. The molecule has 1 aromatic rings. The van der Waals surface area contributed by atoms with E-state index in [0.717, 1.165) is 35.8 Å². The normalized spacial score (nSPS) is 38.1. The quantitative estimate of drug-likeness (QED) is 0.880. The van der Waals surface area contributed by atoms with E-state index in [9.17, 15) is 4.79 Å². The van der Waals surface area contributed by atoms with Gasteiger partial charge in [0.05, 0.1) is 0 Å². The van der Waals surface area contributed by atoms with Crippen molar-refractivity contribution in [3.63, 3.8) is 0 Å². The Bertz CT molecular complexity index is 490. The molecule has 3 fully saturated rings. The summed E-state index contributed by atoms with van der Waals surface area (Å²) in [5.41, 5.74) is 2.28. The van der Waals surface area contributed by atoms with Crippen LogP contribution >= 0.6 is 0 Å². The van der Waals surface area contributed by atoms with Gasteiger partial charge in [-0.1, -0.05) is 19.1 Å². The molecule has 1 amide bonds. The van der Waals surface area contributed by atoms with Crippen molar-refractivity contribution in [3.05, 3.63) is 29.8 Å². The smallest absolute Gasteiger partial charge is 0.228 e. The number of amides is 1. The van der Waals surface area contributed by atoms with E-state index in [0.29, 0.717) is 5.92 Å². The fourth-order valence-corrected chi connectivity index (χ4v) is 4.72. The van der Waals surface area contributed by atoms with Gasteiger partial charge < -0.3 is 5.32 Å². The molecule has 100 valence electrons. The summed E-state index contributed by atoms with van der Waals surface area (Å²) in [4.78, 5) is 12.4. The largest absolute Gasteiger partial charge is 0.326 e. The first-order chi connectivity index (χ1) is 9.28. The Morgan fingerprint density at radius 2 is 1.79 bits per heavy atom. The molecule has 2 nitrogen and oxygen atoms in total. The standard InChI is InChI=1S/C17H21NO/c1-2-10-3-7-13(8-4-10)18-17(19)16-14-11-5-6-12(9-11)15(14)16/h3-4,7-8,11-12,14-16H,2,5-6,9H2,1H3,(H,18,19)/t11-,12-,14-,15-/m0/s1. The third kappa shape index (κ3) is 1.73. The summed E-state index contributed by atoms with van der Waals surface area (Å²) in [6.07, 6.45) is 5.20. The maximum atomic E-state index is 12.4. The van der Waals surface area contributed by atoms with Crippen molar-refractivity contribution in [2.75, 3.05) is 5.32 Å². The van der Waals surface area contributed by atoms with Crippen molar-refractivity contribution in [2.45, 2.75) is 32.6 Å². The highest BCUT2D eigenvalue weighted by molar-refractivity contribution is 5.95. The third-order valence-corrected chi connectivity index (χ3v) is 5.67. The molecule has 0 aromatic heterocycles. The van der Waals surface area contributed by atoms with E-state index in [2.05, 4.69) is 24.4 Å². The van der Waals surface area contributed by atoms with Crippen LogP contribution in [0.15, 0.2) is 24.3 Å². The minimum atomic E-state index is 0.274. The van der Waals surface area contributed by atoms with Crippen LogP contribution in [0.5, 0.6) is 0 Å². The molecule has 0 saturated heterocycles. The maximum Gasteiger partial charge on any atom is 0.228 e. The van der Waals surface area contributed by atoms with Crippen molar-refractivity contribution in [2.24, 2.45) is 29.6 Å². The molecule has 0 spiro atoms. The predicted octanol–water partition coefficient (Wildman–Crippen LogP) is 3.48. The Morgan fingerprint density at radius 1 is 1.16 bits per heavy atom. The van der Waals surface area contributed by atoms with E-state index in [-0.39, 0.29) is 5.91 Å². The highest BCUT2D eigenvalue weighted by atomic mass is 16.2. The number of carbonyl (C=O) groups is 1. The lowest BCUT2D eigenvalue weighted by Crippen LogP contribution is -2.18. The van der Waals surface area contributed by atoms with Crippen LogP contribution in [0.4, 0.5) is 5.69 Å². The summed E-state index contributed by atoms with van der Waals surface area (Å²) in [5.74, 6) is 3.80. The molecule has 4 atom stereocenters. The van der Waals surface area contributed by atoms with E-state index < -0.39 is 0 Å². The van der Waals surface area contributed by atoms with E-state index in [1.807, 2.05) is 12.1 Å². The van der Waals surface area contributed by atoms with Gasteiger partial charge in [-0.3, -0.25) is 4.79 Å². The molecule has 3 aliphatic carbocycles. The van der Waals surface area contributed by atoms with Gasteiger partial charge in [0.15, 0.2) is 0 Å². The van der Waals surface area contributed by atoms with E-state index in [1.54, 1.807) is 0 Å². The van der Waals surface area contributed by atoms with Gasteiger partial charge in [-0.25, -0.2) is 0 Å². The number of aryl methyl sites for hydroxylation is 1. The van der Waals surface area contributed by atoms with Crippen molar-refractivity contribution >= 4 is 11.6 Å². The van der Waals surface area contributed by atoms with Gasteiger partial charge in [0.2, 0.25) is 5.91 Å². The second kappa shape index (κ2) is 4.09. The van der Waals surface area contributed by atoms with Crippen molar-refractivity contribution in [1.82, 2.24) is 0 Å². The predicted molar refractivity (Wildman–Crippen MR) is 75.8 cm³/mol. The molecule has 0 radical (unpaired) electrons. The molecular formula is C17H21NO. The Hall–Kier alpha value is -1.31. The van der Waals surface area contributed by atoms with Gasteiger partial charge in [0.25, 0.3) is 0 Å². The molecule has 0 aliphatic heterocycles. The molecule has 1 aromatic carbocycles. The lowest BCUT2D eigenvalue weighted by Gasteiger charge is -2.10. The van der Waals surface area contributed by atoms with Crippen LogP contribution in [0.2, 0.25) is 0 Å². The van der Waals surface area contributed by atoms with Gasteiger partial charge >= 0.3 is 0 Å². The Kier molecular flexibility index (Phi) is 2.48. The van der Waals surface area contributed by atoms with Crippen molar-refractivity contribution < 1.29 is 4.79 Å². The molecule has 19 heavy (non-hydrogen) atoms. The molecule has 3 aliphatic rings. The molecule has 2 heteroatoms. The van der Waals surface area contributed by atoms with Gasteiger partial charge in [0.1, 0.15) is 0 Å². The zero-order valence-electron chi connectivity index (χ0n) is 11.4. The van der Waals surface area contributed by atoms with Crippen molar-refractivity contribution in [3.8, 4) is 0 Å². The first kappa shape index (κ1) is 11.5. The maximum absolute atomic E-state index is 12.4. The topological polar surface area (TPSA) is 29.1 Å². The van der Waals surface area contributed by atoms with Crippen molar-refractivity contribution in [1.29, 1.82) is 0 Å². The van der Waals surface area contributed by atoms with Crippen LogP contribution in [0.3, 0.4) is 0 Å². The molecular weight excluding hydrogens is 234 g/mol. The fourth-order valence-electron chi connectivity index (χ4n) is 4.72. The summed E-state index contributed by atoms with van der Waals surface area (Å²) < 4.78 is 0. The first-order valence-corrected chi connectivity index (χ1v) is 7.67. The number of carbonyl (C=O) groups excluding carboxylic acids is 1. The highest BCUT2D eigenvalue weighted by Crippen LogP contribution is 2.69. The minimum Gasteiger partial charge on any atom is -0.326 e. The molecule has 3 saturated carbocycles. The first-order valence-electron chi connectivity index (χ1n) is 7.67. The molecule has 0 heterocycles. The number of hydrogen-bond donors (Lipinski definition) is 1. The molecule has 2 bridgehead atoms. The third-order valence-electron chi connectivity index (χ3n) is 5.67. The Balaban J connectivity index is 1.42. The zero-order chi connectivity index (χ0) is 13.0. The molecule has 4 rings (SSSR count). The van der Waals surface area contributed by atoms with Gasteiger partial charge in [-0.05, 0) is 67.1 Å². The van der Waals surface area contributed by atoms with Gasteiger partial charge in [0, 0.05) is 11.6 Å². The summed E-state index contributed by atoms with van der Waals surface area (Å²) in [7, 11) is 0. The molecule has 0 unspecified atom stereocenters. The number of anilines is 1. The number of nitrogens with one attached hydrogen (secondary N) is 1. The van der Waals surface area contributed by atoms with Crippen LogP contribution < -0.4 is 5.32 Å². The lowest BCUT2D eigenvalue weighted by molar-refractivity contribution is -0.118. The summed E-state index contributed by atoms with van der Waals surface area (Å²) in [6, 6.07) is 8.27. The van der Waals surface area contributed by atoms with Crippen LogP contribution in [0, 0.1) is 29.6 Å². The molecule has 1 N–H and O–H groups in total. The second-order valence-corrected chi connectivity index (χ2v) is 6.55. The lowest BCUT2D eigenvalue weighted by atomic mass is 10.0. The fraction of sp³-hybridized carbons (Fsp3) is 0.588. The summed E-state index contributed by atoms with van der Waals surface area (Å²) >= 11 is 0. The highest BCUT2D eigenvalue weighted by Gasteiger charge is 2.67. The minimum absolute atomic E-state index is 0.274. The van der Waals surface area contributed by atoms with Crippen LogP contribution in [-0.2, 0) is 11.2 Å². The summed E-state index contributed by atoms with van der Waals surface area (Å²) in [6.45, 7) is 2.15. The summed E-state index contributed by atoms with van der Waals surface area (Å²) in [5, 5.41) is 3.11. The Morgan fingerprint density at radius 3 is 2.37 bits per heavy atom. The van der Waals surface area contributed by atoms with Crippen LogP contribution in [0.25, 0.3) is 0 Å². The average Bonchev–Trinajstić information content (AvgIpc) is 2.89. The second-order valence-electron chi connectivity index (χ2n) is 6.55. The van der Waals surface area contributed by atoms with E-state index in [4.69, 9.17) is 0 Å². The number of fused-ring (bicyclic) bond motifs is 5. The van der Waals surface area contributed by atoms with Gasteiger partial charge in [-0.15, -0.1) is 0 Å². The SMILES string of the molecule is CCc1ccc(NC(=O)C2[C@H]3[C@H]4CC[C@@H](C4)[C@H]23)cc1. The van der Waals surface area contributed by atoms with E-state index >= 15 is 0 Å². The van der Waals surface area contributed by atoms with Gasteiger partial charge in [-0.2, -0.15) is 0 Å². The van der Waals surface area contributed by atoms with Crippen LogP contribution in [0.1, 0.15) is 31.7 Å². The average molecular weight is 255 g/mol. The van der Waals surface area contributed by atoms with E-state index in [1.165, 1.54) is 24.8 Å². The van der Waals surface area contributed by atoms with Crippen LogP contribution in [-0.4, -0.2) is 5.91 Å². The monoisotopic (exact) mass is 255 g/mol.